The molecule has 0 atom stereocenters. The highest BCUT2D eigenvalue weighted by Crippen LogP contribution is 2.24. The van der Waals surface area contributed by atoms with E-state index in [2.05, 4.69) is 10.5 Å². The summed E-state index contributed by atoms with van der Waals surface area (Å²) in [6, 6.07) is 0. The number of rotatable bonds is 3. The summed E-state index contributed by atoms with van der Waals surface area (Å²) in [5.74, 6) is 0.697. The molecule has 0 aliphatic heterocycles. The lowest BCUT2D eigenvalue weighted by molar-refractivity contribution is -0.124. The first-order valence-corrected chi connectivity index (χ1v) is 5.03. The number of carbonyl (C=O) groups excluding carboxylic acids is 1. The molecule has 1 fully saturated rings. The molecule has 0 aromatic rings. The molecule has 0 aromatic carbocycles. The van der Waals surface area contributed by atoms with Gasteiger partial charge in [0.25, 0.3) is 0 Å². The molecule has 1 N–H and O–H groups in total. The van der Waals surface area contributed by atoms with Gasteiger partial charge < -0.3 is 0 Å². The molecular weight excluding hydrogens is 164 g/mol. The molecule has 0 aromatic heterocycles. The Bertz CT molecular complexity index is 193. The lowest BCUT2D eigenvalue weighted by Crippen LogP contribution is -2.25. The molecule has 3 heteroatoms. The summed E-state index contributed by atoms with van der Waals surface area (Å²) >= 11 is 0. The van der Waals surface area contributed by atoms with Gasteiger partial charge in [-0.2, -0.15) is 5.10 Å². The van der Waals surface area contributed by atoms with Crippen LogP contribution in [0.5, 0.6) is 0 Å². The van der Waals surface area contributed by atoms with Gasteiger partial charge in [-0.05, 0) is 18.8 Å². The van der Waals surface area contributed by atoms with Crippen molar-refractivity contribution in [1.29, 1.82) is 0 Å². The Kier molecular flexibility index (Phi) is 3.93. The predicted octanol–water partition coefficient (Wildman–Crippen LogP) is 1.93. The highest BCUT2D eigenvalue weighted by molar-refractivity contribution is 5.79. The summed E-state index contributed by atoms with van der Waals surface area (Å²) < 4.78 is 0. The second kappa shape index (κ2) is 5.00. The molecule has 0 radical (unpaired) electrons. The van der Waals surface area contributed by atoms with Crippen molar-refractivity contribution in [2.75, 3.05) is 0 Å². The fourth-order valence-electron chi connectivity index (χ4n) is 1.53. The number of carbonyl (C=O) groups is 1. The lowest BCUT2D eigenvalue weighted by atomic mass is 10.1. The van der Waals surface area contributed by atoms with Gasteiger partial charge in [0.1, 0.15) is 0 Å². The average Bonchev–Trinajstić information content (AvgIpc) is 2.55. The minimum atomic E-state index is 0.0920. The maximum absolute atomic E-state index is 11.4. The van der Waals surface area contributed by atoms with Crippen molar-refractivity contribution in [2.24, 2.45) is 16.9 Å². The van der Waals surface area contributed by atoms with E-state index in [-0.39, 0.29) is 11.8 Å². The van der Waals surface area contributed by atoms with Gasteiger partial charge >= 0.3 is 0 Å². The van der Waals surface area contributed by atoms with Crippen LogP contribution >= 0.6 is 0 Å². The average molecular weight is 182 g/mol. The van der Waals surface area contributed by atoms with Crippen molar-refractivity contribution >= 4 is 12.1 Å². The van der Waals surface area contributed by atoms with E-state index < -0.39 is 0 Å². The van der Waals surface area contributed by atoms with Crippen molar-refractivity contribution in [3.05, 3.63) is 0 Å². The number of nitrogens with one attached hydrogen (secondary N) is 1. The van der Waals surface area contributed by atoms with Gasteiger partial charge in [-0.25, -0.2) is 5.43 Å². The van der Waals surface area contributed by atoms with Crippen LogP contribution < -0.4 is 5.43 Å². The number of hydrogen-bond donors (Lipinski definition) is 1. The van der Waals surface area contributed by atoms with Gasteiger partial charge in [-0.3, -0.25) is 4.79 Å². The molecule has 0 heterocycles. The first kappa shape index (κ1) is 10.2. The highest BCUT2D eigenvalue weighted by Gasteiger charge is 2.21. The number of hydrazone groups is 1. The SMILES string of the molecule is CC(C)/C=N/NC(=O)C1CCCC1. The maximum atomic E-state index is 11.4. The summed E-state index contributed by atoms with van der Waals surface area (Å²) in [5.41, 5.74) is 2.59. The second-order valence-corrected chi connectivity index (χ2v) is 3.98. The van der Waals surface area contributed by atoms with Crippen LogP contribution in [0.2, 0.25) is 0 Å². The molecule has 1 rings (SSSR count). The third-order valence-corrected chi connectivity index (χ3v) is 2.27. The van der Waals surface area contributed by atoms with Crippen molar-refractivity contribution in [3.8, 4) is 0 Å². The molecule has 1 amide bonds. The summed E-state index contributed by atoms with van der Waals surface area (Å²) in [7, 11) is 0. The monoisotopic (exact) mass is 182 g/mol. The van der Waals surface area contributed by atoms with E-state index in [4.69, 9.17) is 0 Å². The first-order chi connectivity index (χ1) is 6.20. The minimum absolute atomic E-state index is 0.0920. The molecule has 74 valence electrons. The highest BCUT2D eigenvalue weighted by atomic mass is 16.2. The topological polar surface area (TPSA) is 41.5 Å². The molecule has 1 aliphatic carbocycles. The van der Waals surface area contributed by atoms with Crippen molar-refractivity contribution in [2.45, 2.75) is 39.5 Å². The fourth-order valence-corrected chi connectivity index (χ4v) is 1.53. The Morgan fingerprint density at radius 3 is 2.62 bits per heavy atom. The second-order valence-electron chi connectivity index (χ2n) is 3.98. The molecule has 1 aliphatic rings. The van der Waals surface area contributed by atoms with E-state index in [0.717, 1.165) is 12.8 Å². The third kappa shape index (κ3) is 3.57. The Balaban J connectivity index is 2.24. The third-order valence-electron chi connectivity index (χ3n) is 2.27. The van der Waals surface area contributed by atoms with Gasteiger partial charge in [-0.15, -0.1) is 0 Å². The van der Waals surface area contributed by atoms with Gasteiger partial charge in [0.2, 0.25) is 5.91 Å². The van der Waals surface area contributed by atoms with Crippen molar-refractivity contribution < 1.29 is 4.79 Å². The largest absolute Gasteiger partial charge is 0.273 e. The van der Waals surface area contributed by atoms with Gasteiger partial charge in [0, 0.05) is 12.1 Å². The normalized spacial score (nSPS) is 18.7. The zero-order valence-electron chi connectivity index (χ0n) is 8.42. The lowest BCUT2D eigenvalue weighted by Gasteiger charge is -2.05. The summed E-state index contributed by atoms with van der Waals surface area (Å²) in [6.07, 6.45) is 6.19. The Labute approximate surface area is 79.6 Å². The fraction of sp³-hybridized carbons (Fsp3) is 0.800. The first-order valence-electron chi connectivity index (χ1n) is 5.03. The van der Waals surface area contributed by atoms with E-state index in [0.29, 0.717) is 5.92 Å². The standard InChI is InChI=1S/C10H18N2O/c1-8(2)7-11-12-10(13)9-5-3-4-6-9/h7-9H,3-6H2,1-2H3,(H,12,13)/b11-7+. The smallest absolute Gasteiger partial charge is 0.243 e. The van der Waals surface area contributed by atoms with E-state index in [1.807, 2.05) is 13.8 Å². The zero-order valence-corrected chi connectivity index (χ0v) is 8.42. The Morgan fingerprint density at radius 1 is 1.46 bits per heavy atom. The summed E-state index contributed by atoms with van der Waals surface area (Å²) in [6.45, 7) is 4.07. The Hall–Kier alpha value is -0.860. The van der Waals surface area contributed by atoms with E-state index in [9.17, 15) is 4.79 Å². The van der Waals surface area contributed by atoms with Crippen LogP contribution in [0.1, 0.15) is 39.5 Å². The van der Waals surface area contributed by atoms with Crippen LogP contribution in [0.4, 0.5) is 0 Å². The van der Waals surface area contributed by atoms with Crippen LogP contribution in [0, 0.1) is 11.8 Å². The zero-order chi connectivity index (χ0) is 9.68. The van der Waals surface area contributed by atoms with Crippen LogP contribution in [-0.2, 0) is 4.79 Å². The van der Waals surface area contributed by atoms with E-state index in [1.54, 1.807) is 6.21 Å². The van der Waals surface area contributed by atoms with Crippen LogP contribution in [0.3, 0.4) is 0 Å². The van der Waals surface area contributed by atoms with Gasteiger partial charge in [0.05, 0.1) is 0 Å². The summed E-state index contributed by atoms with van der Waals surface area (Å²) in [5, 5.41) is 3.89. The van der Waals surface area contributed by atoms with Crippen LogP contribution in [0.25, 0.3) is 0 Å². The van der Waals surface area contributed by atoms with Crippen LogP contribution in [-0.4, -0.2) is 12.1 Å². The molecule has 0 spiro atoms. The van der Waals surface area contributed by atoms with Gasteiger partial charge in [-0.1, -0.05) is 26.7 Å². The van der Waals surface area contributed by atoms with Gasteiger partial charge in [0.15, 0.2) is 0 Å². The summed E-state index contributed by atoms with van der Waals surface area (Å²) in [4.78, 5) is 11.4. The molecular formula is C10H18N2O. The van der Waals surface area contributed by atoms with Crippen molar-refractivity contribution in [1.82, 2.24) is 5.43 Å². The van der Waals surface area contributed by atoms with Crippen molar-refractivity contribution in [3.63, 3.8) is 0 Å². The van der Waals surface area contributed by atoms with E-state index in [1.165, 1.54) is 12.8 Å². The maximum Gasteiger partial charge on any atom is 0.243 e. The molecule has 0 saturated heterocycles. The molecule has 0 bridgehead atoms. The molecule has 1 saturated carbocycles. The number of nitrogens with zero attached hydrogens (tertiary/aromatic N) is 1. The van der Waals surface area contributed by atoms with Crippen LogP contribution in [0.15, 0.2) is 5.10 Å². The Morgan fingerprint density at radius 2 is 2.08 bits per heavy atom. The number of amides is 1. The van der Waals surface area contributed by atoms with E-state index >= 15 is 0 Å². The quantitative estimate of drug-likeness (QED) is 0.526. The predicted molar refractivity (Wildman–Crippen MR) is 53.4 cm³/mol. The molecule has 3 nitrogen and oxygen atoms in total. The minimum Gasteiger partial charge on any atom is -0.273 e. The molecule has 13 heavy (non-hydrogen) atoms. The molecule has 0 unspecified atom stereocenters. The number of hydrogen-bond acceptors (Lipinski definition) is 2.